The average Bonchev–Trinajstić information content (AvgIpc) is 2.88. The Morgan fingerprint density at radius 2 is 2.05 bits per heavy atom. The van der Waals surface area contributed by atoms with Gasteiger partial charge >= 0.3 is 5.97 Å². The van der Waals surface area contributed by atoms with E-state index in [1.807, 2.05) is 0 Å². The Morgan fingerprint density at radius 3 is 2.71 bits per heavy atom. The van der Waals surface area contributed by atoms with E-state index >= 15 is 0 Å². The van der Waals surface area contributed by atoms with Crippen molar-refractivity contribution in [1.82, 2.24) is 4.90 Å². The van der Waals surface area contributed by atoms with Crippen molar-refractivity contribution in [3.05, 3.63) is 41.7 Å². The number of carboxylic acids is 1. The van der Waals surface area contributed by atoms with Gasteiger partial charge in [0, 0.05) is 19.0 Å². The lowest BCUT2D eigenvalue weighted by molar-refractivity contribution is -0.139. The van der Waals surface area contributed by atoms with E-state index in [0.717, 1.165) is 18.4 Å². The largest absolute Gasteiger partial charge is 0.481 e. The fourth-order valence-electron chi connectivity index (χ4n) is 2.56. The molecule has 0 aromatic heterocycles. The molecule has 1 fully saturated rings. The molecular formula is C16H18FNO3. The van der Waals surface area contributed by atoms with Crippen molar-refractivity contribution >= 4 is 18.0 Å². The van der Waals surface area contributed by atoms with Crippen molar-refractivity contribution in [2.24, 2.45) is 0 Å². The van der Waals surface area contributed by atoms with Crippen LogP contribution in [0, 0.1) is 5.82 Å². The molecule has 1 aliphatic heterocycles. The first-order valence-corrected chi connectivity index (χ1v) is 6.99. The lowest BCUT2D eigenvalue weighted by Crippen LogP contribution is -2.36. The van der Waals surface area contributed by atoms with E-state index in [0.29, 0.717) is 6.54 Å². The molecule has 1 aliphatic rings. The Kier molecular flexibility index (Phi) is 5.09. The number of nitrogens with zero attached hydrogens (tertiary/aromatic N) is 1. The van der Waals surface area contributed by atoms with E-state index < -0.39 is 5.97 Å². The van der Waals surface area contributed by atoms with Gasteiger partial charge in [0.25, 0.3) is 0 Å². The van der Waals surface area contributed by atoms with Gasteiger partial charge in [-0.25, -0.2) is 4.39 Å². The van der Waals surface area contributed by atoms with Gasteiger partial charge in [-0.05, 0) is 30.5 Å². The molecule has 0 radical (unpaired) electrons. The number of benzene rings is 1. The highest BCUT2D eigenvalue weighted by molar-refractivity contribution is 5.80. The summed E-state index contributed by atoms with van der Waals surface area (Å²) in [7, 11) is 0. The highest BCUT2D eigenvalue weighted by Gasteiger charge is 2.29. The number of aliphatic carboxylic acids is 1. The van der Waals surface area contributed by atoms with E-state index in [2.05, 4.69) is 0 Å². The Bertz CT molecular complexity index is 539. The molecule has 0 aliphatic carbocycles. The van der Waals surface area contributed by atoms with Crippen LogP contribution in [0.2, 0.25) is 0 Å². The maximum absolute atomic E-state index is 12.8. The third kappa shape index (κ3) is 4.41. The summed E-state index contributed by atoms with van der Waals surface area (Å²) >= 11 is 0. The van der Waals surface area contributed by atoms with Crippen molar-refractivity contribution in [2.45, 2.75) is 31.7 Å². The Hall–Kier alpha value is -2.17. The predicted molar refractivity (Wildman–Crippen MR) is 77.0 cm³/mol. The normalized spacial score (nSPS) is 18.3. The lowest BCUT2D eigenvalue weighted by atomic mass is 10.1. The highest BCUT2D eigenvalue weighted by atomic mass is 19.1. The zero-order chi connectivity index (χ0) is 15.2. The molecule has 1 amide bonds. The minimum atomic E-state index is -0.874. The summed E-state index contributed by atoms with van der Waals surface area (Å²) in [6.45, 7) is 0.626. The summed E-state index contributed by atoms with van der Waals surface area (Å²) < 4.78 is 12.8. The monoisotopic (exact) mass is 291 g/mol. The SMILES string of the molecule is O=C(O)CC1CCCN1C(=O)C/C=C/c1ccc(F)cc1. The molecule has 1 N–H and O–H groups in total. The standard InChI is InChI=1S/C16H18FNO3/c17-13-8-6-12(7-9-13)3-1-5-15(19)18-10-2-4-14(18)11-16(20)21/h1,3,6-9,14H,2,4-5,10-11H2,(H,20,21)/b3-1+. The highest BCUT2D eigenvalue weighted by Crippen LogP contribution is 2.21. The number of carbonyl (C=O) groups excluding carboxylic acids is 1. The molecule has 0 spiro atoms. The van der Waals surface area contributed by atoms with Gasteiger partial charge in [0.2, 0.25) is 5.91 Å². The second-order valence-electron chi connectivity index (χ2n) is 5.14. The van der Waals surface area contributed by atoms with Gasteiger partial charge in [0.15, 0.2) is 0 Å². The van der Waals surface area contributed by atoms with E-state index in [1.165, 1.54) is 12.1 Å². The zero-order valence-electron chi connectivity index (χ0n) is 11.7. The summed E-state index contributed by atoms with van der Waals surface area (Å²) in [4.78, 5) is 24.5. The molecule has 1 atom stereocenters. The van der Waals surface area contributed by atoms with Crippen LogP contribution in [0.15, 0.2) is 30.3 Å². The third-order valence-corrected chi connectivity index (χ3v) is 3.58. The van der Waals surface area contributed by atoms with Crippen molar-refractivity contribution in [3.63, 3.8) is 0 Å². The molecule has 1 heterocycles. The van der Waals surface area contributed by atoms with Crippen LogP contribution in [0.1, 0.15) is 31.2 Å². The van der Waals surface area contributed by atoms with Crippen LogP contribution in [0.5, 0.6) is 0 Å². The summed E-state index contributed by atoms with van der Waals surface area (Å²) in [6.07, 6.45) is 5.33. The van der Waals surface area contributed by atoms with Gasteiger partial charge in [-0.2, -0.15) is 0 Å². The second-order valence-corrected chi connectivity index (χ2v) is 5.14. The molecule has 5 heteroatoms. The molecule has 1 saturated heterocycles. The summed E-state index contributed by atoms with van der Waals surface area (Å²) in [5.41, 5.74) is 0.827. The van der Waals surface area contributed by atoms with Crippen LogP contribution in [0.25, 0.3) is 6.08 Å². The van der Waals surface area contributed by atoms with Gasteiger partial charge in [-0.1, -0.05) is 24.3 Å². The number of halogens is 1. The number of carboxylic acid groups (broad SMARTS) is 1. The molecule has 0 saturated carbocycles. The number of hydrogen-bond acceptors (Lipinski definition) is 2. The lowest BCUT2D eigenvalue weighted by Gasteiger charge is -2.22. The Labute approximate surface area is 122 Å². The first-order valence-electron chi connectivity index (χ1n) is 6.99. The van der Waals surface area contributed by atoms with Crippen LogP contribution in [0.3, 0.4) is 0 Å². The van der Waals surface area contributed by atoms with Crippen molar-refractivity contribution in [1.29, 1.82) is 0 Å². The Morgan fingerprint density at radius 1 is 1.33 bits per heavy atom. The molecular weight excluding hydrogens is 273 g/mol. The summed E-state index contributed by atoms with van der Waals surface area (Å²) in [5.74, 6) is -1.23. The number of rotatable bonds is 5. The molecule has 0 bridgehead atoms. The predicted octanol–water partition coefficient (Wildman–Crippen LogP) is 2.69. The summed E-state index contributed by atoms with van der Waals surface area (Å²) in [5, 5.41) is 8.84. The van der Waals surface area contributed by atoms with Crippen molar-refractivity contribution in [2.75, 3.05) is 6.54 Å². The molecule has 1 unspecified atom stereocenters. The van der Waals surface area contributed by atoms with E-state index in [-0.39, 0.29) is 30.6 Å². The first kappa shape index (κ1) is 15.2. The fourth-order valence-corrected chi connectivity index (χ4v) is 2.56. The average molecular weight is 291 g/mol. The van der Waals surface area contributed by atoms with E-state index in [4.69, 9.17) is 5.11 Å². The first-order chi connectivity index (χ1) is 10.1. The quantitative estimate of drug-likeness (QED) is 0.907. The Balaban J connectivity index is 1.89. The minimum Gasteiger partial charge on any atom is -0.481 e. The topological polar surface area (TPSA) is 57.6 Å². The number of amides is 1. The van der Waals surface area contributed by atoms with Gasteiger partial charge in [0.1, 0.15) is 5.82 Å². The van der Waals surface area contributed by atoms with Crippen LogP contribution >= 0.6 is 0 Å². The molecule has 21 heavy (non-hydrogen) atoms. The van der Waals surface area contributed by atoms with Crippen molar-refractivity contribution in [3.8, 4) is 0 Å². The number of carbonyl (C=O) groups is 2. The number of hydrogen-bond donors (Lipinski definition) is 1. The van der Waals surface area contributed by atoms with Crippen LogP contribution < -0.4 is 0 Å². The van der Waals surface area contributed by atoms with Gasteiger partial charge in [-0.3, -0.25) is 9.59 Å². The third-order valence-electron chi connectivity index (χ3n) is 3.58. The maximum Gasteiger partial charge on any atom is 0.305 e. The van der Waals surface area contributed by atoms with Crippen LogP contribution in [-0.4, -0.2) is 34.5 Å². The van der Waals surface area contributed by atoms with Gasteiger partial charge in [-0.15, -0.1) is 0 Å². The molecule has 4 nitrogen and oxygen atoms in total. The molecule has 1 aromatic carbocycles. The zero-order valence-corrected chi connectivity index (χ0v) is 11.7. The van der Waals surface area contributed by atoms with Crippen molar-refractivity contribution < 1.29 is 19.1 Å². The summed E-state index contributed by atoms with van der Waals surface area (Å²) in [6, 6.07) is 5.82. The van der Waals surface area contributed by atoms with Crippen LogP contribution in [0.4, 0.5) is 4.39 Å². The number of likely N-dealkylation sites (tertiary alicyclic amines) is 1. The minimum absolute atomic E-state index is 0.00736. The van der Waals surface area contributed by atoms with Gasteiger partial charge < -0.3 is 10.0 Å². The molecule has 112 valence electrons. The molecule has 1 aromatic rings. The fraction of sp³-hybridized carbons (Fsp3) is 0.375. The van der Waals surface area contributed by atoms with E-state index in [1.54, 1.807) is 29.2 Å². The molecule has 2 rings (SSSR count). The van der Waals surface area contributed by atoms with Gasteiger partial charge in [0.05, 0.1) is 6.42 Å². The van der Waals surface area contributed by atoms with Crippen LogP contribution in [-0.2, 0) is 9.59 Å². The maximum atomic E-state index is 12.8. The van der Waals surface area contributed by atoms with E-state index in [9.17, 15) is 14.0 Å². The smallest absolute Gasteiger partial charge is 0.305 e. The second kappa shape index (κ2) is 7.02.